The fraction of sp³-hybridized carbons (Fsp3) is 0.667. The van der Waals surface area contributed by atoms with Crippen LogP contribution >= 0.6 is 0 Å². The lowest BCUT2D eigenvalue weighted by atomic mass is 9.87. The molecule has 2 heteroatoms. The molecule has 0 bridgehead atoms. The molecule has 0 radical (unpaired) electrons. The van der Waals surface area contributed by atoms with E-state index >= 15 is 0 Å². The monoisotopic (exact) mass is 194 g/mol. The van der Waals surface area contributed by atoms with E-state index in [0.717, 1.165) is 24.3 Å². The predicted molar refractivity (Wildman–Crippen MR) is 55.8 cm³/mol. The van der Waals surface area contributed by atoms with Crippen molar-refractivity contribution in [3.8, 4) is 0 Å². The molecule has 1 saturated carbocycles. The van der Waals surface area contributed by atoms with Crippen LogP contribution in [0, 0.1) is 5.92 Å². The highest BCUT2D eigenvalue weighted by Crippen LogP contribution is 2.21. The minimum atomic E-state index is 0.830. The summed E-state index contributed by atoms with van der Waals surface area (Å²) in [6.45, 7) is 3.37. The molecule has 1 fully saturated rings. The van der Waals surface area contributed by atoms with Gasteiger partial charge in [0.15, 0.2) is 5.76 Å². The van der Waals surface area contributed by atoms with Gasteiger partial charge >= 0.3 is 0 Å². The Morgan fingerprint density at radius 3 is 2.79 bits per heavy atom. The number of hydrogen-bond donors (Lipinski definition) is 1. The molecule has 0 amide bonds. The summed E-state index contributed by atoms with van der Waals surface area (Å²) in [6, 6.07) is 4.85. The zero-order valence-corrected chi connectivity index (χ0v) is 8.91. The van der Waals surface area contributed by atoms with Gasteiger partial charge in [-0.2, -0.15) is 0 Å². The SMILES string of the molecule is CC1CCC([NH2+]Cc2ccco2)CC1. The van der Waals surface area contributed by atoms with Crippen molar-refractivity contribution in [2.45, 2.75) is 45.2 Å². The van der Waals surface area contributed by atoms with Crippen molar-refractivity contribution >= 4 is 0 Å². The number of rotatable bonds is 3. The van der Waals surface area contributed by atoms with E-state index in [1.165, 1.54) is 25.7 Å². The van der Waals surface area contributed by atoms with Crippen LogP contribution in [0.3, 0.4) is 0 Å². The van der Waals surface area contributed by atoms with Crippen LogP contribution in [0.5, 0.6) is 0 Å². The summed E-state index contributed by atoms with van der Waals surface area (Å²) in [5, 5.41) is 2.44. The van der Waals surface area contributed by atoms with Gasteiger partial charge in [-0.15, -0.1) is 0 Å². The molecule has 0 aliphatic heterocycles. The summed E-state index contributed by atoms with van der Waals surface area (Å²) < 4.78 is 5.31. The Hall–Kier alpha value is -0.760. The maximum absolute atomic E-state index is 5.31. The summed E-state index contributed by atoms with van der Waals surface area (Å²) in [4.78, 5) is 0. The highest BCUT2D eigenvalue weighted by atomic mass is 16.3. The van der Waals surface area contributed by atoms with E-state index in [9.17, 15) is 0 Å². The van der Waals surface area contributed by atoms with Gasteiger partial charge in [0.25, 0.3) is 0 Å². The fourth-order valence-corrected chi connectivity index (χ4v) is 2.23. The first-order chi connectivity index (χ1) is 6.84. The Morgan fingerprint density at radius 1 is 1.36 bits per heavy atom. The fourth-order valence-electron chi connectivity index (χ4n) is 2.23. The Labute approximate surface area is 85.7 Å². The topological polar surface area (TPSA) is 29.8 Å². The van der Waals surface area contributed by atoms with Gasteiger partial charge < -0.3 is 9.73 Å². The summed E-state index contributed by atoms with van der Waals surface area (Å²) in [7, 11) is 0. The first-order valence-electron chi connectivity index (χ1n) is 5.70. The van der Waals surface area contributed by atoms with Gasteiger partial charge in [-0.1, -0.05) is 6.92 Å². The second-order valence-corrected chi connectivity index (χ2v) is 4.54. The Balaban J connectivity index is 1.71. The van der Waals surface area contributed by atoms with E-state index in [-0.39, 0.29) is 0 Å². The zero-order valence-electron chi connectivity index (χ0n) is 8.91. The Morgan fingerprint density at radius 2 is 2.14 bits per heavy atom. The molecular formula is C12H20NO+. The lowest BCUT2D eigenvalue weighted by molar-refractivity contribution is -0.708. The molecule has 0 spiro atoms. The van der Waals surface area contributed by atoms with Gasteiger partial charge in [0.1, 0.15) is 6.54 Å². The minimum absolute atomic E-state index is 0.830. The van der Waals surface area contributed by atoms with E-state index in [1.807, 2.05) is 6.07 Å². The van der Waals surface area contributed by atoms with Crippen LogP contribution < -0.4 is 5.32 Å². The molecule has 0 saturated heterocycles. The predicted octanol–water partition coefficient (Wildman–Crippen LogP) is 1.92. The third-order valence-corrected chi connectivity index (χ3v) is 3.29. The quantitative estimate of drug-likeness (QED) is 0.782. The van der Waals surface area contributed by atoms with E-state index in [1.54, 1.807) is 6.26 Å². The number of furan rings is 1. The first kappa shape index (κ1) is 9.78. The third kappa shape index (κ3) is 2.61. The van der Waals surface area contributed by atoms with Gasteiger partial charge in [0, 0.05) is 0 Å². The largest absolute Gasteiger partial charge is 0.463 e. The lowest BCUT2D eigenvalue weighted by Gasteiger charge is -2.24. The number of quaternary nitrogens is 1. The van der Waals surface area contributed by atoms with Crippen LogP contribution in [0.4, 0.5) is 0 Å². The van der Waals surface area contributed by atoms with Crippen molar-refractivity contribution in [3.63, 3.8) is 0 Å². The summed E-state index contributed by atoms with van der Waals surface area (Å²) in [5.41, 5.74) is 0. The van der Waals surface area contributed by atoms with Crippen LogP contribution in [0.2, 0.25) is 0 Å². The molecule has 0 atom stereocenters. The molecule has 1 aromatic heterocycles. The third-order valence-electron chi connectivity index (χ3n) is 3.29. The summed E-state index contributed by atoms with van der Waals surface area (Å²) in [5.74, 6) is 2.05. The highest BCUT2D eigenvalue weighted by Gasteiger charge is 2.20. The van der Waals surface area contributed by atoms with E-state index in [4.69, 9.17) is 4.42 Å². The maximum Gasteiger partial charge on any atom is 0.157 e. The van der Waals surface area contributed by atoms with Gasteiger partial charge in [-0.05, 0) is 43.7 Å². The first-order valence-corrected chi connectivity index (χ1v) is 5.70. The van der Waals surface area contributed by atoms with Crippen LogP contribution in [-0.4, -0.2) is 6.04 Å². The van der Waals surface area contributed by atoms with Gasteiger partial charge in [-0.25, -0.2) is 0 Å². The molecule has 1 aliphatic carbocycles. The molecule has 0 unspecified atom stereocenters. The highest BCUT2D eigenvalue weighted by molar-refractivity contribution is 4.95. The minimum Gasteiger partial charge on any atom is -0.463 e. The van der Waals surface area contributed by atoms with Gasteiger partial charge in [-0.3, -0.25) is 0 Å². The molecule has 2 rings (SSSR count). The Kier molecular flexibility index (Phi) is 3.25. The Bertz CT molecular complexity index is 247. The molecular weight excluding hydrogens is 174 g/mol. The van der Waals surface area contributed by atoms with E-state index < -0.39 is 0 Å². The smallest absolute Gasteiger partial charge is 0.157 e. The molecule has 2 nitrogen and oxygen atoms in total. The molecule has 78 valence electrons. The summed E-state index contributed by atoms with van der Waals surface area (Å²) >= 11 is 0. The number of hydrogen-bond acceptors (Lipinski definition) is 1. The van der Waals surface area contributed by atoms with Crippen LogP contribution in [0.25, 0.3) is 0 Å². The van der Waals surface area contributed by atoms with Crippen molar-refractivity contribution in [1.82, 2.24) is 0 Å². The van der Waals surface area contributed by atoms with Crippen LogP contribution in [-0.2, 0) is 6.54 Å². The van der Waals surface area contributed by atoms with Crippen molar-refractivity contribution in [3.05, 3.63) is 24.2 Å². The van der Waals surface area contributed by atoms with Gasteiger partial charge in [0.05, 0.1) is 12.3 Å². The lowest BCUT2D eigenvalue weighted by Crippen LogP contribution is -2.88. The summed E-state index contributed by atoms with van der Waals surface area (Å²) in [6.07, 6.45) is 7.31. The van der Waals surface area contributed by atoms with Crippen molar-refractivity contribution in [2.75, 3.05) is 0 Å². The average Bonchev–Trinajstić information content (AvgIpc) is 2.70. The molecule has 1 aliphatic rings. The van der Waals surface area contributed by atoms with Crippen molar-refractivity contribution < 1.29 is 9.73 Å². The normalized spacial score (nSPS) is 27.8. The molecule has 1 heterocycles. The van der Waals surface area contributed by atoms with E-state index in [2.05, 4.69) is 18.3 Å². The van der Waals surface area contributed by atoms with Crippen LogP contribution in [0.15, 0.2) is 22.8 Å². The molecule has 14 heavy (non-hydrogen) atoms. The van der Waals surface area contributed by atoms with Gasteiger partial charge in [0.2, 0.25) is 0 Å². The van der Waals surface area contributed by atoms with Crippen LogP contribution in [0.1, 0.15) is 38.4 Å². The van der Waals surface area contributed by atoms with Crippen molar-refractivity contribution in [1.29, 1.82) is 0 Å². The molecule has 1 aromatic rings. The molecule has 2 N–H and O–H groups in total. The average molecular weight is 194 g/mol. The standard InChI is InChI=1S/C12H19NO/c1-10-4-6-11(7-5-10)13-9-12-3-2-8-14-12/h2-3,8,10-11,13H,4-7,9H2,1H3/p+1. The maximum atomic E-state index is 5.31. The molecule has 0 aromatic carbocycles. The zero-order chi connectivity index (χ0) is 9.80. The number of nitrogens with two attached hydrogens (primary N) is 1. The van der Waals surface area contributed by atoms with Crippen molar-refractivity contribution in [2.24, 2.45) is 5.92 Å². The second kappa shape index (κ2) is 4.65. The second-order valence-electron chi connectivity index (χ2n) is 4.54. The van der Waals surface area contributed by atoms with E-state index in [0.29, 0.717) is 0 Å².